The maximum Gasteiger partial charge on any atom is 0.227 e. The number of hydrogen-bond donors (Lipinski definition) is 0. The fourth-order valence-corrected chi connectivity index (χ4v) is 7.99. The Morgan fingerprint density at radius 1 is 0.511 bits per heavy atom. The van der Waals surface area contributed by atoms with Crippen molar-refractivity contribution in [3.8, 4) is 34.0 Å². The average Bonchev–Trinajstić information content (AvgIpc) is 3.78. The van der Waals surface area contributed by atoms with Crippen LogP contribution >= 0.6 is 11.3 Å². The minimum Gasteiger partial charge on any atom is -0.435 e. The second-order valence-corrected chi connectivity index (χ2v) is 12.7. The number of hydrogen-bond acceptors (Lipinski definition) is 4. The summed E-state index contributed by atoms with van der Waals surface area (Å²) in [5.74, 6) is 1.50. The van der Waals surface area contributed by atoms with Crippen LogP contribution in [0, 0.1) is 0 Å². The molecular formula is C41H24N2OS. The van der Waals surface area contributed by atoms with E-state index in [1.54, 1.807) is 0 Å². The van der Waals surface area contributed by atoms with E-state index in [-0.39, 0.29) is 0 Å². The molecule has 0 atom stereocenters. The van der Waals surface area contributed by atoms with Gasteiger partial charge in [0.2, 0.25) is 5.89 Å². The normalized spacial score (nSPS) is 12.0. The molecule has 0 amide bonds. The number of fused-ring (bicyclic) bond motifs is 7. The van der Waals surface area contributed by atoms with Crippen molar-refractivity contribution in [1.82, 2.24) is 4.98 Å². The Balaban J connectivity index is 1.09. The third-order valence-corrected chi connectivity index (χ3v) is 10.2. The lowest BCUT2D eigenvalue weighted by Crippen LogP contribution is -2.09. The number of aromatic nitrogens is 1. The quantitative estimate of drug-likeness (QED) is 0.204. The maximum atomic E-state index is 6.46. The molecule has 45 heavy (non-hydrogen) atoms. The zero-order valence-electron chi connectivity index (χ0n) is 24.1. The van der Waals surface area contributed by atoms with Crippen LogP contribution in [0.3, 0.4) is 0 Å². The summed E-state index contributed by atoms with van der Waals surface area (Å²) >= 11 is 1.84. The van der Waals surface area contributed by atoms with Crippen molar-refractivity contribution in [3.05, 3.63) is 146 Å². The SMILES string of the molecule is c1ccc2cc(N(c3ccc(-c4nc5c(o4)-c4cccc6cccc-5c46)cc3)c3ccc4sc5ccccc5c4c3)ccc2c1. The third kappa shape index (κ3) is 3.73. The molecule has 0 saturated heterocycles. The number of thiophene rings is 1. The zero-order chi connectivity index (χ0) is 29.5. The molecular weight excluding hydrogens is 569 g/mol. The Morgan fingerprint density at radius 2 is 1.20 bits per heavy atom. The molecule has 1 aliphatic carbocycles. The van der Waals surface area contributed by atoms with Crippen molar-refractivity contribution < 1.29 is 4.42 Å². The van der Waals surface area contributed by atoms with Crippen molar-refractivity contribution in [1.29, 1.82) is 0 Å². The minimum absolute atomic E-state index is 0.640. The maximum absolute atomic E-state index is 6.46. The van der Waals surface area contributed by atoms with Gasteiger partial charge in [0.05, 0.1) is 0 Å². The number of benzene rings is 7. The predicted octanol–water partition coefficient (Wildman–Crippen LogP) is 12.1. The molecule has 0 fully saturated rings. The van der Waals surface area contributed by atoms with Crippen molar-refractivity contribution in [3.63, 3.8) is 0 Å². The van der Waals surface area contributed by atoms with Crippen LogP contribution in [0.25, 0.3) is 75.8 Å². The summed E-state index contributed by atoms with van der Waals surface area (Å²) < 4.78 is 9.06. The van der Waals surface area contributed by atoms with Crippen molar-refractivity contribution >= 4 is 70.1 Å². The van der Waals surface area contributed by atoms with E-state index in [4.69, 9.17) is 9.40 Å². The second kappa shape index (κ2) is 9.39. The van der Waals surface area contributed by atoms with Crippen LogP contribution in [0.15, 0.2) is 150 Å². The molecule has 9 aromatic rings. The number of rotatable bonds is 4. The monoisotopic (exact) mass is 592 g/mol. The van der Waals surface area contributed by atoms with Crippen LogP contribution in [0.2, 0.25) is 0 Å². The first-order valence-electron chi connectivity index (χ1n) is 15.1. The fourth-order valence-electron chi connectivity index (χ4n) is 6.91. The van der Waals surface area contributed by atoms with Gasteiger partial charge in [-0.15, -0.1) is 11.3 Å². The summed E-state index contributed by atoms with van der Waals surface area (Å²) in [6.45, 7) is 0. The molecule has 210 valence electrons. The first kappa shape index (κ1) is 24.7. The molecule has 2 aromatic heterocycles. The summed E-state index contributed by atoms with van der Waals surface area (Å²) in [6.07, 6.45) is 0. The molecule has 7 aromatic carbocycles. The summed E-state index contributed by atoms with van der Waals surface area (Å²) in [5, 5.41) is 7.45. The molecule has 0 spiro atoms. The van der Waals surface area contributed by atoms with Gasteiger partial charge in [-0.1, -0.05) is 84.9 Å². The highest BCUT2D eigenvalue weighted by atomic mass is 32.1. The van der Waals surface area contributed by atoms with Crippen LogP contribution in [0.5, 0.6) is 0 Å². The van der Waals surface area contributed by atoms with Gasteiger partial charge < -0.3 is 9.32 Å². The smallest absolute Gasteiger partial charge is 0.227 e. The molecule has 4 heteroatoms. The molecule has 0 aliphatic heterocycles. The Bertz CT molecular complexity index is 2550. The van der Waals surface area contributed by atoms with Gasteiger partial charge in [-0.2, -0.15) is 0 Å². The molecule has 0 radical (unpaired) electrons. The third-order valence-electron chi connectivity index (χ3n) is 9.01. The van der Waals surface area contributed by atoms with E-state index >= 15 is 0 Å². The molecule has 10 rings (SSSR count). The van der Waals surface area contributed by atoms with Crippen LogP contribution in [-0.4, -0.2) is 4.98 Å². The largest absolute Gasteiger partial charge is 0.435 e. The van der Waals surface area contributed by atoms with Gasteiger partial charge in [-0.3, -0.25) is 0 Å². The number of nitrogens with zero attached hydrogens (tertiary/aromatic N) is 2. The van der Waals surface area contributed by atoms with Gasteiger partial charge in [0.1, 0.15) is 5.69 Å². The summed E-state index contributed by atoms with van der Waals surface area (Å²) in [5.41, 5.74) is 7.44. The average molecular weight is 593 g/mol. The molecule has 0 saturated carbocycles. The molecule has 0 bridgehead atoms. The lowest BCUT2D eigenvalue weighted by molar-refractivity contribution is 0.590. The number of oxazole rings is 1. The topological polar surface area (TPSA) is 29.3 Å². The highest BCUT2D eigenvalue weighted by Gasteiger charge is 2.27. The Morgan fingerprint density at radius 3 is 2.09 bits per heavy atom. The molecule has 0 unspecified atom stereocenters. The lowest BCUT2D eigenvalue weighted by Gasteiger charge is -2.26. The molecule has 1 aliphatic rings. The summed E-state index contributed by atoms with van der Waals surface area (Å²) in [7, 11) is 0. The van der Waals surface area contributed by atoms with Gasteiger partial charge in [-0.05, 0) is 76.8 Å². The van der Waals surface area contributed by atoms with Crippen molar-refractivity contribution in [2.75, 3.05) is 4.90 Å². The minimum atomic E-state index is 0.640. The van der Waals surface area contributed by atoms with Crippen LogP contribution < -0.4 is 4.90 Å². The van der Waals surface area contributed by atoms with Crippen molar-refractivity contribution in [2.45, 2.75) is 0 Å². The second-order valence-electron chi connectivity index (χ2n) is 11.6. The van der Waals surface area contributed by atoms with E-state index in [9.17, 15) is 0 Å². The highest BCUT2D eigenvalue weighted by Crippen LogP contribution is 2.48. The van der Waals surface area contributed by atoms with E-state index in [1.165, 1.54) is 41.7 Å². The highest BCUT2D eigenvalue weighted by molar-refractivity contribution is 7.25. The Labute approximate surface area is 263 Å². The fraction of sp³-hybridized carbons (Fsp3) is 0. The van der Waals surface area contributed by atoms with Gasteiger partial charge in [-0.25, -0.2) is 4.98 Å². The van der Waals surface area contributed by atoms with E-state index in [0.29, 0.717) is 5.89 Å². The van der Waals surface area contributed by atoms with E-state index in [2.05, 4.69) is 150 Å². The van der Waals surface area contributed by atoms with Crippen LogP contribution in [0.4, 0.5) is 17.1 Å². The van der Waals surface area contributed by atoms with E-state index in [0.717, 1.165) is 45.2 Å². The summed E-state index contributed by atoms with van der Waals surface area (Å²) in [4.78, 5) is 7.35. The molecule has 0 N–H and O–H groups in total. The first-order valence-corrected chi connectivity index (χ1v) is 15.9. The first-order chi connectivity index (χ1) is 22.3. The van der Waals surface area contributed by atoms with Gasteiger partial charge in [0, 0.05) is 59.3 Å². The van der Waals surface area contributed by atoms with E-state index < -0.39 is 0 Å². The summed E-state index contributed by atoms with van der Waals surface area (Å²) in [6, 6.07) is 52.0. The molecule has 2 heterocycles. The van der Waals surface area contributed by atoms with Gasteiger partial charge in [0.25, 0.3) is 0 Å². The predicted molar refractivity (Wildman–Crippen MR) is 189 cm³/mol. The Kier molecular flexibility index (Phi) is 5.16. The molecule has 3 nitrogen and oxygen atoms in total. The van der Waals surface area contributed by atoms with Gasteiger partial charge in [0.15, 0.2) is 5.76 Å². The van der Waals surface area contributed by atoms with Crippen molar-refractivity contribution in [2.24, 2.45) is 0 Å². The Hall–Kier alpha value is -5.71. The lowest BCUT2D eigenvalue weighted by atomic mass is 10.0. The zero-order valence-corrected chi connectivity index (χ0v) is 24.9. The van der Waals surface area contributed by atoms with Crippen LogP contribution in [-0.2, 0) is 0 Å². The van der Waals surface area contributed by atoms with E-state index in [1.807, 2.05) is 11.3 Å². The number of anilines is 3. The van der Waals surface area contributed by atoms with Crippen LogP contribution in [0.1, 0.15) is 0 Å². The standard InChI is InChI=1S/C41H24N2OS/c1-2-8-28-23-30(20-15-25(28)7-1)43(31-21-22-37-35(24-31)32-11-3-4-14-36(32)45-37)29-18-16-27(17-19-29)41-42-39-33-12-5-9-26-10-6-13-34(38(26)33)40(39)44-41/h1-24H. The van der Waals surface area contributed by atoms with Gasteiger partial charge >= 0.3 is 0 Å².